The second kappa shape index (κ2) is 10.4. The molecule has 7 nitrogen and oxygen atoms in total. The number of benzene rings is 1. The molecule has 1 amide bonds. The number of aryl methyl sites for hydroxylation is 1. The molecule has 0 atom stereocenters. The lowest BCUT2D eigenvalue weighted by Crippen LogP contribution is -2.29. The first-order valence-corrected chi connectivity index (χ1v) is 9.70. The first-order valence-electron chi connectivity index (χ1n) is 9.70. The van der Waals surface area contributed by atoms with Gasteiger partial charge in [0.05, 0.1) is 12.9 Å². The van der Waals surface area contributed by atoms with Crippen LogP contribution in [0.25, 0.3) is 0 Å². The van der Waals surface area contributed by atoms with Gasteiger partial charge in [0.1, 0.15) is 18.1 Å². The van der Waals surface area contributed by atoms with Crippen LogP contribution in [0.3, 0.4) is 0 Å². The number of carbonyl (C=O) groups excluding carboxylic acids is 1. The number of rotatable bonds is 10. The monoisotopic (exact) mass is 395 g/mol. The van der Waals surface area contributed by atoms with E-state index in [1.165, 1.54) is 16.8 Å². The lowest BCUT2D eigenvalue weighted by Gasteiger charge is -2.09. The number of nitrogens with zero attached hydrogens (tertiary/aromatic N) is 2. The van der Waals surface area contributed by atoms with Gasteiger partial charge in [-0.2, -0.15) is 5.10 Å². The van der Waals surface area contributed by atoms with Crippen LogP contribution in [0.4, 0.5) is 0 Å². The van der Waals surface area contributed by atoms with Crippen LogP contribution in [0.2, 0.25) is 0 Å². The van der Waals surface area contributed by atoms with Gasteiger partial charge in [-0.05, 0) is 35.7 Å². The maximum Gasteiger partial charge on any atom is 0.271 e. The van der Waals surface area contributed by atoms with Crippen molar-refractivity contribution in [1.82, 2.24) is 15.1 Å². The lowest BCUT2D eigenvalue weighted by molar-refractivity contribution is 0.0928. The maximum absolute atomic E-state index is 12.4. The van der Waals surface area contributed by atoms with Crippen molar-refractivity contribution in [2.45, 2.75) is 46.1 Å². The van der Waals surface area contributed by atoms with Crippen molar-refractivity contribution >= 4 is 5.91 Å². The molecule has 29 heavy (non-hydrogen) atoms. The highest BCUT2D eigenvalue weighted by atomic mass is 16.5. The molecular weight excluding hydrogens is 370 g/mol. The smallest absolute Gasteiger partial charge is 0.271 e. The van der Waals surface area contributed by atoms with E-state index in [0.29, 0.717) is 26.3 Å². The largest absolute Gasteiger partial charge is 0.467 e. The van der Waals surface area contributed by atoms with Crippen LogP contribution in [-0.4, -0.2) is 15.7 Å². The van der Waals surface area contributed by atoms with Gasteiger partial charge < -0.3 is 14.5 Å². The molecule has 2 heterocycles. The Kier molecular flexibility index (Phi) is 7.35. The van der Waals surface area contributed by atoms with E-state index in [0.717, 1.165) is 29.7 Å². The van der Waals surface area contributed by atoms with Crippen molar-refractivity contribution in [3.63, 3.8) is 0 Å². The first-order chi connectivity index (χ1) is 14.2. The molecule has 3 rings (SSSR count). The zero-order chi connectivity index (χ0) is 20.5. The summed E-state index contributed by atoms with van der Waals surface area (Å²) in [6, 6.07) is 14.4. The molecule has 0 saturated heterocycles. The van der Waals surface area contributed by atoms with E-state index in [1.54, 1.807) is 6.26 Å². The van der Waals surface area contributed by atoms with Gasteiger partial charge in [-0.3, -0.25) is 9.59 Å². The Labute approximate surface area is 169 Å². The van der Waals surface area contributed by atoms with Crippen molar-refractivity contribution in [2.75, 3.05) is 0 Å². The fourth-order valence-corrected chi connectivity index (χ4v) is 2.80. The molecule has 0 aliphatic rings. The summed E-state index contributed by atoms with van der Waals surface area (Å²) in [7, 11) is 0. The van der Waals surface area contributed by atoms with E-state index >= 15 is 0 Å². The number of aromatic nitrogens is 2. The molecule has 0 spiro atoms. The summed E-state index contributed by atoms with van der Waals surface area (Å²) >= 11 is 0. The maximum atomic E-state index is 12.4. The molecule has 0 fully saturated rings. The van der Waals surface area contributed by atoms with Crippen LogP contribution < -0.4 is 10.9 Å². The SMILES string of the molecule is CCCCn1nc(C(=O)NCc2cccc(COCc3ccco3)c2)ccc1=O. The molecule has 2 aromatic heterocycles. The molecule has 0 unspecified atom stereocenters. The molecule has 0 aliphatic carbocycles. The molecule has 3 aromatic rings. The van der Waals surface area contributed by atoms with Gasteiger partial charge in [0.25, 0.3) is 11.5 Å². The molecule has 0 radical (unpaired) electrons. The Bertz CT molecular complexity index is 980. The molecule has 7 heteroatoms. The third-order valence-electron chi connectivity index (χ3n) is 4.36. The number of ether oxygens (including phenoxy) is 1. The fourth-order valence-electron chi connectivity index (χ4n) is 2.80. The zero-order valence-electron chi connectivity index (χ0n) is 16.5. The summed E-state index contributed by atoms with van der Waals surface area (Å²) in [5, 5.41) is 7.02. The number of amides is 1. The first kappa shape index (κ1) is 20.5. The summed E-state index contributed by atoms with van der Waals surface area (Å²) < 4.78 is 12.2. The van der Waals surface area contributed by atoms with Crippen molar-refractivity contribution in [3.8, 4) is 0 Å². The average Bonchev–Trinajstić information content (AvgIpc) is 3.25. The van der Waals surface area contributed by atoms with Crippen molar-refractivity contribution in [1.29, 1.82) is 0 Å². The number of carbonyl (C=O) groups is 1. The van der Waals surface area contributed by atoms with E-state index in [4.69, 9.17) is 9.15 Å². The van der Waals surface area contributed by atoms with Crippen molar-refractivity contribution in [3.05, 3.63) is 87.7 Å². The lowest BCUT2D eigenvalue weighted by atomic mass is 10.1. The average molecular weight is 395 g/mol. The van der Waals surface area contributed by atoms with E-state index in [9.17, 15) is 9.59 Å². The van der Waals surface area contributed by atoms with Crippen LogP contribution in [0, 0.1) is 0 Å². The van der Waals surface area contributed by atoms with Crippen LogP contribution in [0.15, 0.2) is 64.0 Å². The van der Waals surface area contributed by atoms with Gasteiger partial charge in [0.15, 0.2) is 0 Å². The molecule has 0 aliphatic heterocycles. The van der Waals surface area contributed by atoms with Gasteiger partial charge in [0.2, 0.25) is 0 Å². The van der Waals surface area contributed by atoms with Crippen LogP contribution >= 0.6 is 0 Å². The second-order valence-electron chi connectivity index (χ2n) is 6.71. The summed E-state index contributed by atoms with van der Waals surface area (Å²) in [5.74, 6) is 0.468. The van der Waals surface area contributed by atoms with E-state index < -0.39 is 0 Å². The van der Waals surface area contributed by atoms with Gasteiger partial charge in [-0.25, -0.2) is 4.68 Å². The predicted octanol–water partition coefficient (Wildman–Crippen LogP) is 3.28. The van der Waals surface area contributed by atoms with Gasteiger partial charge in [-0.1, -0.05) is 37.6 Å². The molecule has 152 valence electrons. The number of nitrogens with one attached hydrogen (secondary N) is 1. The van der Waals surface area contributed by atoms with Crippen LogP contribution in [0.1, 0.15) is 47.1 Å². The normalized spacial score (nSPS) is 10.8. The summed E-state index contributed by atoms with van der Waals surface area (Å²) in [6.07, 6.45) is 3.41. The Hall–Kier alpha value is -3.19. The third-order valence-corrected chi connectivity index (χ3v) is 4.36. The number of hydrogen-bond donors (Lipinski definition) is 1. The molecular formula is C22H25N3O4. The summed E-state index contributed by atoms with van der Waals surface area (Å²) in [4.78, 5) is 24.2. The van der Waals surface area contributed by atoms with Gasteiger partial charge in [0, 0.05) is 19.2 Å². The van der Waals surface area contributed by atoms with Gasteiger partial charge >= 0.3 is 0 Å². The zero-order valence-corrected chi connectivity index (χ0v) is 16.5. The third kappa shape index (κ3) is 6.15. The molecule has 1 N–H and O–H groups in total. The van der Waals surface area contributed by atoms with Crippen molar-refractivity contribution in [2.24, 2.45) is 0 Å². The van der Waals surface area contributed by atoms with E-state index in [1.807, 2.05) is 43.3 Å². The highest BCUT2D eigenvalue weighted by molar-refractivity contribution is 5.91. The Balaban J connectivity index is 1.54. The minimum absolute atomic E-state index is 0.197. The highest BCUT2D eigenvalue weighted by Crippen LogP contribution is 2.09. The van der Waals surface area contributed by atoms with Crippen LogP contribution in [0.5, 0.6) is 0 Å². The number of hydrogen-bond acceptors (Lipinski definition) is 5. The number of unbranched alkanes of at least 4 members (excludes halogenated alkanes) is 1. The quantitative estimate of drug-likeness (QED) is 0.569. The van der Waals surface area contributed by atoms with Crippen molar-refractivity contribution < 1.29 is 13.9 Å². The topological polar surface area (TPSA) is 86.4 Å². The van der Waals surface area contributed by atoms with E-state index in [2.05, 4.69) is 10.4 Å². The highest BCUT2D eigenvalue weighted by Gasteiger charge is 2.09. The molecule has 0 bridgehead atoms. The molecule has 1 aromatic carbocycles. The Morgan fingerprint density at radius 2 is 2.00 bits per heavy atom. The van der Waals surface area contributed by atoms with E-state index in [-0.39, 0.29) is 17.2 Å². The Morgan fingerprint density at radius 3 is 2.79 bits per heavy atom. The minimum Gasteiger partial charge on any atom is -0.467 e. The standard InChI is InChI=1S/C22H25N3O4/c1-2-3-11-25-21(26)10-9-20(24-25)22(27)23-14-17-6-4-7-18(13-17)15-28-16-19-8-5-12-29-19/h4-10,12-13H,2-3,11,14-16H2,1H3,(H,23,27). The predicted molar refractivity (Wildman–Crippen MR) is 108 cm³/mol. The number of furan rings is 1. The molecule has 0 saturated carbocycles. The summed E-state index contributed by atoms with van der Waals surface area (Å²) in [6.45, 7) is 3.77. The minimum atomic E-state index is -0.310. The second-order valence-corrected chi connectivity index (χ2v) is 6.71. The van der Waals surface area contributed by atoms with Gasteiger partial charge in [-0.15, -0.1) is 0 Å². The van der Waals surface area contributed by atoms with Crippen LogP contribution in [-0.2, 0) is 31.0 Å². The fraction of sp³-hybridized carbons (Fsp3) is 0.318. The Morgan fingerprint density at radius 1 is 1.14 bits per heavy atom. The summed E-state index contributed by atoms with van der Waals surface area (Å²) in [5.41, 5.74) is 2.00.